The summed E-state index contributed by atoms with van der Waals surface area (Å²) in [5.41, 5.74) is -0.935. The van der Waals surface area contributed by atoms with Crippen molar-refractivity contribution in [3.05, 3.63) is 28.3 Å². The minimum atomic E-state index is -2.88. The summed E-state index contributed by atoms with van der Waals surface area (Å²) in [6, 6.07) is 0.548. The van der Waals surface area contributed by atoms with Crippen molar-refractivity contribution in [3.63, 3.8) is 0 Å². The van der Waals surface area contributed by atoms with E-state index in [0.717, 1.165) is 0 Å². The molecule has 0 amide bonds. The third-order valence-electron chi connectivity index (χ3n) is 1.41. The maximum atomic E-state index is 12.5. The molecule has 1 aromatic rings. The number of aliphatic hydroxyl groups excluding tert-OH is 1. The zero-order chi connectivity index (χ0) is 10.0. The second-order valence-corrected chi connectivity index (χ2v) is 2.63. The minimum absolute atomic E-state index is 0.281. The Morgan fingerprint density at radius 1 is 1.54 bits per heavy atom. The normalized spacial score (nSPS) is 10.9. The Labute approximate surface area is 77.0 Å². The summed E-state index contributed by atoms with van der Waals surface area (Å²) in [5.74, 6) is -1.08. The molecule has 0 unspecified atom stereocenters. The highest BCUT2D eigenvalue weighted by Crippen LogP contribution is 2.29. The molecule has 1 aromatic heterocycles. The molecule has 0 radical (unpaired) electrons. The van der Waals surface area contributed by atoms with Gasteiger partial charge < -0.3 is 5.11 Å². The average Bonchev–Trinajstić information content (AvgIpc) is 2.08. The van der Waals surface area contributed by atoms with E-state index in [9.17, 15) is 13.2 Å². The van der Waals surface area contributed by atoms with E-state index >= 15 is 0 Å². The van der Waals surface area contributed by atoms with Gasteiger partial charge >= 0.3 is 0 Å². The zero-order valence-electron chi connectivity index (χ0n) is 6.27. The topological polar surface area (TPSA) is 33.1 Å². The number of rotatable bonds is 2. The number of pyridine rings is 1. The van der Waals surface area contributed by atoms with Crippen LogP contribution in [0.4, 0.5) is 13.2 Å². The summed E-state index contributed by atoms with van der Waals surface area (Å²) in [5, 5.41) is 8.20. The SMILES string of the molecule is OCc1nc(F)cc(C(F)F)c1Cl. The molecule has 1 heterocycles. The van der Waals surface area contributed by atoms with Gasteiger partial charge in [0, 0.05) is 11.6 Å². The third kappa shape index (κ3) is 2.10. The van der Waals surface area contributed by atoms with Gasteiger partial charge in [0.2, 0.25) is 5.95 Å². The molecule has 0 saturated carbocycles. The third-order valence-corrected chi connectivity index (χ3v) is 1.84. The van der Waals surface area contributed by atoms with Gasteiger partial charge in [-0.05, 0) is 0 Å². The molecule has 0 aliphatic heterocycles. The van der Waals surface area contributed by atoms with Gasteiger partial charge in [-0.2, -0.15) is 4.39 Å². The van der Waals surface area contributed by atoms with E-state index in [1.807, 2.05) is 0 Å². The van der Waals surface area contributed by atoms with Crippen molar-refractivity contribution < 1.29 is 18.3 Å². The number of hydrogen-bond acceptors (Lipinski definition) is 2. The van der Waals surface area contributed by atoms with Crippen molar-refractivity contribution in [2.45, 2.75) is 13.0 Å². The summed E-state index contributed by atoms with van der Waals surface area (Å²) in [6.07, 6.45) is -2.88. The molecule has 0 atom stereocenters. The van der Waals surface area contributed by atoms with Crippen LogP contribution in [0.25, 0.3) is 0 Å². The molecular formula is C7H5ClF3NO. The number of aromatic nitrogens is 1. The van der Waals surface area contributed by atoms with Crippen LogP contribution in [0.5, 0.6) is 0 Å². The maximum Gasteiger partial charge on any atom is 0.265 e. The Hall–Kier alpha value is -0.810. The highest BCUT2D eigenvalue weighted by atomic mass is 35.5. The smallest absolute Gasteiger partial charge is 0.265 e. The first kappa shape index (κ1) is 10.3. The van der Waals surface area contributed by atoms with Crippen LogP contribution in [-0.4, -0.2) is 10.1 Å². The number of alkyl halides is 2. The van der Waals surface area contributed by atoms with Gasteiger partial charge in [0.05, 0.1) is 17.3 Å². The molecule has 0 spiro atoms. The number of halogens is 4. The van der Waals surface area contributed by atoms with Crippen molar-refractivity contribution >= 4 is 11.6 Å². The first-order chi connectivity index (χ1) is 6.06. The molecule has 0 aliphatic rings. The Kier molecular flexibility index (Phi) is 3.11. The van der Waals surface area contributed by atoms with Crippen LogP contribution in [0, 0.1) is 5.95 Å². The summed E-state index contributed by atoms with van der Waals surface area (Å²) >= 11 is 5.41. The summed E-state index contributed by atoms with van der Waals surface area (Å²) < 4.78 is 36.9. The molecule has 13 heavy (non-hydrogen) atoms. The van der Waals surface area contributed by atoms with Gasteiger partial charge in [-0.3, -0.25) is 0 Å². The second-order valence-electron chi connectivity index (χ2n) is 2.25. The lowest BCUT2D eigenvalue weighted by Crippen LogP contribution is -1.99. The molecule has 0 saturated heterocycles. The standard InChI is InChI=1S/C7H5ClF3NO/c8-6-3(7(10)11)1-5(9)12-4(6)2-13/h1,7,13H,2H2. The van der Waals surface area contributed by atoms with Crippen LogP contribution in [0.2, 0.25) is 5.02 Å². The fourth-order valence-electron chi connectivity index (χ4n) is 0.832. The van der Waals surface area contributed by atoms with E-state index in [-0.39, 0.29) is 10.7 Å². The van der Waals surface area contributed by atoms with Gasteiger partial charge in [0.1, 0.15) is 0 Å². The number of aliphatic hydroxyl groups is 1. The highest BCUT2D eigenvalue weighted by molar-refractivity contribution is 6.32. The van der Waals surface area contributed by atoms with Crippen LogP contribution in [-0.2, 0) is 6.61 Å². The monoisotopic (exact) mass is 211 g/mol. The van der Waals surface area contributed by atoms with Crippen molar-refractivity contribution in [2.24, 2.45) is 0 Å². The van der Waals surface area contributed by atoms with Gasteiger partial charge in [-0.25, -0.2) is 13.8 Å². The van der Waals surface area contributed by atoms with Crippen LogP contribution in [0.1, 0.15) is 17.7 Å². The van der Waals surface area contributed by atoms with E-state index in [2.05, 4.69) is 4.98 Å². The molecular weight excluding hydrogens is 207 g/mol. The molecule has 0 bridgehead atoms. The lowest BCUT2D eigenvalue weighted by molar-refractivity contribution is 0.150. The molecule has 1 rings (SSSR count). The Bertz CT molecular complexity index is 319. The minimum Gasteiger partial charge on any atom is -0.390 e. The molecule has 72 valence electrons. The highest BCUT2D eigenvalue weighted by Gasteiger charge is 2.17. The molecule has 1 N–H and O–H groups in total. The van der Waals surface area contributed by atoms with Crippen molar-refractivity contribution in [1.29, 1.82) is 0 Å². The van der Waals surface area contributed by atoms with Crippen molar-refractivity contribution in [2.75, 3.05) is 0 Å². The van der Waals surface area contributed by atoms with Crippen molar-refractivity contribution in [3.8, 4) is 0 Å². The fourth-order valence-corrected chi connectivity index (χ4v) is 1.07. The van der Waals surface area contributed by atoms with Crippen LogP contribution in [0.15, 0.2) is 6.07 Å². The van der Waals surface area contributed by atoms with Gasteiger partial charge in [0.15, 0.2) is 0 Å². The van der Waals surface area contributed by atoms with Gasteiger partial charge in [-0.1, -0.05) is 11.6 Å². The van der Waals surface area contributed by atoms with Gasteiger partial charge in [0.25, 0.3) is 6.43 Å². The Morgan fingerprint density at radius 2 is 2.15 bits per heavy atom. The lowest BCUT2D eigenvalue weighted by atomic mass is 10.2. The molecule has 6 heteroatoms. The molecule has 0 fully saturated rings. The average molecular weight is 212 g/mol. The largest absolute Gasteiger partial charge is 0.390 e. The number of nitrogens with zero attached hydrogens (tertiary/aromatic N) is 1. The summed E-state index contributed by atoms with van der Waals surface area (Å²) in [7, 11) is 0. The van der Waals surface area contributed by atoms with Crippen LogP contribution < -0.4 is 0 Å². The predicted molar refractivity (Wildman–Crippen MR) is 40.1 cm³/mol. The first-order valence-corrected chi connectivity index (χ1v) is 3.68. The predicted octanol–water partition coefficient (Wildman–Crippen LogP) is 2.30. The molecule has 0 aromatic carbocycles. The Balaban J connectivity index is 3.27. The zero-order valence-corrected chi connectivity index (χ0v) is 7.02. The van der Waals surface area contributed by atoms with Crippen LogP contribution >= 0.6 is 11.6 Å². The van der Waals surface area contributed by atoms with E-state index in [4.69, 9.17) is 16.7 Å². The van der Waals surface area contributed by atoms with E-state index in [0.29, 0.717) is 6.07 Å². The second kappa shape index (κ2) is 3.93. The lowest BCUT2D eigenvalue weighted by Gasteiger charge is -2.05. The maximum absolute atomic E-state index is 12.5. The summed E-state index contributed by atoms with van der Waals surface area (Å²) in [6.45, 7) is -0.670. The van der Waals surface area contributed by atoms with Gasteiger partial charge in [-0.15, -0.1) is 0 Å². The first-order valence-electron chi connectivity index (χ1n) is 3.30. The van der Waals surface area contributed by atoms with Crippen molar-refractivity contribution in [1.82, 2.24) is 4.98 Å². The van der Waals surface area contributed by atoms with Crippen LogP contribution in [0.3, 0.4) is 0 Å². The van der Waals surface area contributed by atoms with E-state index in [1.54, 1.807) is 0 Å². The van der Waals surface area contributed by atoms with E-state index in [1.165, 1.54) is 0 Å². The molecule has 2 nitrogen and oxygen atoms in total. The summed E-state index contributed by atoms with van der Waals surface area (Å²) in [4.78, 5) is 3.15. The fraction of sp³-hybridized carbons (Fsp3) is 0.286. The Morgan fingerprint density at radius 3 is 2.62 bits per heavy atom. The quantitative estimate of drug-likeness (QED) is 0.762. The number of hydrogen-bond donors (Lipinski definition) is 1. The van der Waals surface area contributed by atoms with E-state index < -0.39 is 24.5 Å². The molecule has 0 aliphatic carbocycles.